The summed E-state index contributed by atoms with van der Waals surface area (Å²) in [6, 6.07) is 1.37. The minimum absolute atomic E-state index is 0. The number of nitrogens with two attached hydrogens (primary N) is 1. The molecule has 1 amide bonds. The zero-order chi connectivity index (χ0) is 16.4. The highest BCUT2D eigenvalue weighted by atomic mass is 35.5. The Hall–Kier alpha value is -0.740. The van der Waals surface area contributed by atoms with E-state index in [0.717, 1.165) is 11.5 Å². The minimum Gasteiger partial charge on any atom is -0.356 e. The number of aromatic nitrogens is 1. The van der Waals surface area contributed by atoms with Crippen molar-refractivity contribution in [2.75, 3.05) is 31.1 Å². The molecule has 10 heteroatoms. The van der Waals surface area contributed by atoms with Gasteiger partial charge in [-0.15, -0.1) is 12.4 Å². The number of carbonyl (C=O) groups excluding carboxylic acids is 1. The highest BCUT2D eigenvalue weighted by molar-refractivity contribution is 7.99. The number of halogens is 1. The second-order valence-corrected chi connectivity index (χ2v) is 8.97. The Kier molecular flexibility index (Phi) is 6.96. The molecule has 2 heterocycles. The van der Waals surface area contributed by atoms with Crippen molar-refractivity contribution in [3.05, 3.63) is 18.0 Å². The number of thioether (sulfide) groups is 1. The van der Waals surface area contributed by atoms with E-state index in [0.29, 0.717) is 13.1 Å². The van der Waals surface area contributed by atoms with Gasteiger partial charge in [-0.1, -0.05) is 0 Å². The summed E-state index contributed by atoms with van der Waals surface area (Å²) in [7, 11) is -3.54. The van der Waals surface area contributed by atoms with Crippen LogP contribution in [0.4, 0.5) is 0 Å². The Balaban J connectivity index is 0.00000264. The van der Waals surface area contributed by atoms with Crippen molar-refractivity contribution in [1.29, 1.82) is 0 Å². The third-order valence-corrected chi connectivity index (χ3v) is 6.29. The first-order valence-electron chi connectivity index (χ1n) is 7.05. The molecule has 1 aliphatic rings. The third-order valence-electron chi connectivity index (χ3n) is 3.47. The van der Waals surface area contributed by atoms with E-state index in [-0.39, 0.29) is 35.4 Å². The third kappa shape index (κ3) is 4.87. The number of nitrogens with zero attached hydrogens (tertiary/aromatic N) is 1. The lowest BCUT2D eigenvalue weighted by atomic mass is 10.1. The Labute approximate surface area is 147 Å². The molecule has 1 aliphatic heterocycles. The summed E-state index contributed by atoms with van der Waals surface area (Å²) < 4.78 is 26.5. The summed E-state index contributed by atoms with van der Waals surface area (Å²) in [5.41, 5.74) is 5.24. The summed E-state index contributed by atoms with van der Waals surface area (Å²) >= 11 is 1.74. The van der Waals surface area contributed by atoms with Gasteiger partial charge in [0.1, 0.15) is 10.6 Å². The highest BCUT2D eigenvalue weighted by Gasteiger charge is 2.28. The monoisotopic (exact) mass is 382 g/mol. The van der Waals surface area contributed by atoms with E-state index in [9.17, 15) is 13.2 Å². The number of amides is 1. The van der Waals surface area contributed by atoms with E-state index in [2.05, 4.69) is 10.3 Å². The number of rotatable bonds is 5. The lowest BCUT2D eigenvalue weighted by Gasteiger charge is -2.25. The fourth-order valence-electron chi connectivity index (χ4n) is 2.02. The van der Waals surface area contributed by atoms with Gasteiger partial charge in [-0.25, -0.2) is 8.42 Å². The van der Waals surface area contributed by atoms with Crippen molar-refractivity contribution in [3.8, 4) is 0 Å². The molecule has 0 unspecified atom stereocenters. The molecule has 1 aromatic rings. The summed E-state index contributed by atoms with van der Waals surface area (Å²) in [5, 5.41) is 2.76. The van der Waals surface area contributed by atoms with Gasteiger partial charge in [-0.05, 0) is 19.9 Å². The van der Waals surface area contributed by atoms with Gasteiger partial charge in [0.2, 0.25) is 10.0 Å². The van der Waals surface area contributed by atoms with Crippen LogP contribution in [0.25, 0.3) is 0 Å². The molecular formula is C13H23ClN4O3S2. The maximum Gasteiger partial charge on any atom is 0.268 e. The second-order valence-electron chi connectivity index (χ2n) is 5.81. The molecule has 0 spiro atoms. The van der Waals surface area contributed by atoms with Crippen LogP contribution in [0.5, 0.6) is 0 Å². The molecule has 0 bridgehead atoms. The van der Waals surface area contributed by atoms with Crippen molar-refractivity contribution in [3.63, 3.8) is 0 Å². The van der Waals surface area contributed by atoms with Crippen molar-refractivity contribution in [2.45, 2.75) is 24.3 Å². The van der Waals surface area contributed by atoms with Crippen molar-refractivity contribution < 1.29 is 13.2 Å². The quantitative estimate of drug-likeness (QED) is 0.692. The van der Waals surface area contributed by atoms with Gasteiger partial charge in [0, 0.05) is 42.9 Å². The Morgan fingerprint density at radius 3 is 2.61 bits per heavy atom. The molecule has 132 valence electrons. The minimum atomic E-state index is -3.54. The summed E-state index contributed by atoms with van der Waals surface area (Å²) in [4.78, 5) is 15.0. The highest BCUT2D eigenvalue weighted by Crippen LogP contribution is 2.21. The number of sulfonamides is 1. The van der Waals surface area contributed by atoms with Gasteiger partial charge >= 0.3 is 0 Å². The number of hydrogen-bond donors (Lipinski definition) is 3. The summed E-state index contributed by atoms with van der Waals surface area (Å²) in [6.45, 7) is 4.89. The van der Waals surface area contributed by atoms with Gasteiger partial charge in [0.05, 0.1) is 0 Å². The van der Waals surface area contributed by atoms with Crippen molar-refractivity contribution in [1.82, 2.24) is 14.6 Å². The van der Waals surface area contributed by atoms with Crippen LogP contribution in [0, 0.1) is 0 Å². The average Bonchev–Trinajstić information content (AvgIpc) is 2.98. The van der Waals surface area contributed by atoms with Crippen LogP contribution in [-0.2, 0) is 10.0 Å². The van der Waals surface area contributed by atoms with E-state index >= 15 is 0 Å². The van der Waals surface area contributed by atoms with Crippen LogP contribution in [0.15, 0.2) is 17.2 Å². The van der Waals surface area contributed by atoms with Gasteiger partial charge < -0.3 is 16.0 Å². The molecule has 1 fully saturated rings. The zero-order valence-electron chi connectivity index (χ0n) is 13.2. The SMILES string of the molecule is CC(C)(CN)NC(=O)c1cc(S(=O)(=O)N2CCSCC2)c[nH]1.Cl. The molecule has 1 aromatic heterocycles. The molecule has 0 aliphatic carbocycles. The van der Waals surface area contributed by atoms with E-state index < -0.39 is 15.6 Å². The number of hydrogen-bond acceptors (Lipinski definition) is 5. The fourth-order valence-corrected chi connectivity index (χ4v) is 4.59. The lowest BCUT2D eigenvalue weighted by Crippen LogP contribution is -2.48. The largest absolute Gasteiger partial charge is 0.356 e. The topological polar surface area (TPSA) is 108 Å². The maximum atomic E-state index is 12.5. The normalized spacial score (nSPS) is 16.7. The summed E-state index contributed by atoms with van der Waals surface area (Å²) in [5.74, 6) is 1.22. The van der Waals surface area contributed by atoms with Crippen LogP contribution in [0.2, 0.25) is 0 Å². The second kappa shape index (κ2) is 7.89. The Morgan fingerprint density at radius 2 is 2.04 bits per heavy atom. The van der Waals surface area contributed by atoms with Gasteiger partial charge in [0.15, 0.2) is 0 Å². The van der Waals surface area contributed by atoms with Crippen molar-refractivity contribution in [2.24, 2.45) is 5.73 Å². The van der Waals surface area contributed by atoms with E-state index in [4.69, 9.17) is 5.73 Å². The predicted octanol–water partition coefficient (Wildman–Crippen LogP) is 0.641. The first kappa shape index (κ1) is 20.3. The molecule has 4 N–H and O–H groups in total. The first-order chi connectivity index (χ1) is 10.3. The number of H-pyrrole nitrogens is 1. The molecule has 0 atom stereocenters. The Morgan fingerprint density at radius 1 is 1.43 bits per heavy atom. The van der Waals surface area contributed by atoms with E-state index in [1.54, 1.807) is 25.6 Å². The van der Waals surface area contributed by atoms with E-state index in [1.165, 1.54) is 16.6 Å². The van der Waals surface area contributed by atoms with E-state index in [1.807, 2.05) is 0 Å². The molecule has 0 radical (unpaired) electrons. The smallest absolute Gasteiger partial charge is 0.268 e. The molecule has 7 nitrogen and oxygen atoms in total. The van der Waals surface area contributed by atoms with Crippen LogP contribution in [0.1, 0.15) is 24.3 Å². The molecule has 0 aromatic carbocycles. The number of aromatic amines is 1. The first-order valence-corrected chi connectivity index (χ1v) is 9.65. The average molecular weight is 383 g/mol. The standard InChI is InChI=1S/C13H22N4O3S2.ClH/c1-13(2,9-14)16-12(18)11-7-10(8-15-11)22(19,20)17-3-5-21-6-4-17;/h7-8,15H,3-6,9,14H2,1-2H3,(H,16,18);1H. The van der Waals surface area contributed by atoms with Crippen LogP contribution < -0.4 is 11.1 Å². The molecule has 1 saturated heterocycles. The summed E-state index contributed by atoms with van der Waals surface area (Å²) in [6.07, 6.45) is 1.36. The predicted molar refractivity (Wildman–Crippen MR) is 94.7 cm³/mol. The van der Waals surface area contributed by atoms with Crippen molar-refractivity contribution >= 4 is 40.1 Å². The molecular weight excluding hydrogens is 360 g/mol. The lowest BCUT2D eigenvalue weighted by molar-refractivity contribution is 0.0911. The van der Waals surface area contributed by atoms with Crippen LogP contribution in [-0.4, -0.2) is 60.3 Å². The maximum absolute atomic E-state index is 12.5. The van der Waals surface area contributed by atoms with Crippen LogP contribution in [0.3, 0.4) is 0 Å². The molecule has 2 rings (SSSR count). The van der Waals surface area contributed by atoms with Gasteiger partial charge in [-0.3, -0.25) is 4.79 Å². The Bertz CT molecular complexity index is 639. The number of carbonyl (C=O) groups is 1. The fraction of sp³-hybridized carbons (Fsp3) is 0.615. The van der Waals surface area contributed by atoms with Gasteiger partial charge in [-0.2, -0.15) is 16.1 Å². The number of nitrogens with one attached hydrogen (secondary N) is 2. The molecule has 0 saturated carbocycles. The zero-order valence-corrected chi connectivity index (χ0v) is 15.6. The molecule has 23 heavy (non-hydrogen) atoms. The van der Waals surface area contributed by atoms with Crippen LogP contribution >= 0.6 is 24.2 Å². The van der Waals surface area contributed by atoms with Gasteiger partial charge in [0.25, 0.3) is 5.91 Å².